The summed E-state index contributed by atoms with van der Waals surface area (Å²) in [5.74, 6) is 5.94. The van der Waals surface area contributed by atoms with Gasteiger partial charge in [0, 0.05) is 38.9 Å². The second-order valence-electron chi connectivity index (χ2n) is 3.10. The molecule has 2 heteroatoms. The van der Waals surface area contributed by atoms with Gasteiger partial charge in [0.05, 0.1) is 0 Å². The summed E-state index contributed by atoms with van der Waals surface area (Å²) < 4.78 is 0. The number of rotatable bonds is 0. The molecule has 15 heavy (non-hydrogen) atoms. The number of pyridine rings is 1. The molecule has 0 spiro atoms. The predicted molar refractivity (Wildman–Crippen MR) is 57.9 cm³/mol. The maximum atomic E-state index is 4.32. The Morgan fingerprint density at radius 1 is 1.40 bits per heavy atom. The van der Waals surface area contributed by atoms with Crippen molar-refractivity contribution >= 4 is 10.9 Å². The molecule has 0 N–H and O–H groups in total. The van der Waals surface area contributed by atoms with Crippen molar-refractivity contribution < 1.29 is 32.7 Å². The third-order valence-corrected chi connectivity index (χ3v) is 2.20. The monoisotopic (exact) mass is 269 g/mol. The van der Waals surface area contributed by atoms with Crippen LogP contribution >= 0.6 is 0 Å². The van der Waals surface area contributed by atoms with E-state index in [1.807, 2.05) is 32.0 Å². The minimum Gasteiger partial charge on any atom is -0.306 e. The van der Waals surface area contributed by atoms with Crippen molar-refractivity contribution in [2.24, 2.45) is 0 Å². The summed E-state index contributed by atoms with van der Waals surface area (Å²) in [5, 5.41) is 1.05. The average Bonchev–Trinajstić information content (AvgIpc) is 2.23. The molecule has 0 saturated heterocycles. The number of hydrogen-bond acceptors (Lipinski definition) is 1. The van der Waals surface area contributed by atoms with Crippen LogP contribution in [0.5, 0.6) is 0 Å². The maximum absolute atomic E-state index is 4.32. The Kier molecular flexibility index (Phi) is 4.45. The Bertz CT molecular complexity index is 535. The smallest absolute Gasteiger partial charge is 0.00686 e. The summed E-state index contributed by atoms with van der Waals surface area (Å²) >= 11 is 0. The standard InChI is InChI=1S/C13H10N.Y/c1-3-5-11-7-8-12-6-4-9-14-13(12)10(11)2;/h4,6-7,9H,1-2H3;/q-1;. The molecule has 1 aromatic carbocycles. The summed E-state index contributed by atoms with van der Waals surface area (Å²) in [6.07, 6.45) is 1.80. The molecule has 71 valence electrons. The van der Waals surface area contributed by atoms with Crippen LogP contribution in [0.3, 0.4) is 0 Å². The molecule has 0 fully saturated rings. The van der Waals surface area contributed by atoms with E-state index < -0.39 is 0 Å². The van der Waals surface area contributed by atoms with Crippen molar-refractivity contribution in [2.45, 2.75) is 13.8 Å². The molecule has 1 radical (unpaired) electrons. The fourth-order valence-electron chi connectivity index (χ4n) is 1.47. The van der Waals surface area contributed by atoms with Crippen LogP contribution in [0.2, 0.25) is 0 Å². The molecule has 0 aliphatic rings. The third kappa shape index (κ3) is 2.45. The second-order valence-corrected chi connectivity index (χ2v) is 3.10. The first-order valence-electron chi connectivity index (χ1n) is 4.51. The molecule has 1 aromatic heterocycles. The number of fused-ring (bicyclic) bond motifs is 1. The van der Waals surface area contributed by atoms with Gasteiger partial charge in [0.15, 0.2) is 0 Å². The van der Waals surface area contributed by atoms with Crippen molar-refractivity contribution in [3.8, 4) is 11.8 Å². The summed E-state index contributed by atoms with van der Waals surface area (Å²) in [6, 6.07) is 9.04. The van der Waals surface area contributed by atoms with Crippen molar-refractivity contribution in [3.63, 3.8) is 0 Å². The zero-order valence-corrected chi connectivity index (χ0v) is 11.7. The van der Waals surface area contributed by atoms with Crippen LogP contribution in [-0.4, -0.2) is 4.98 Å². The van der Waals surface area contributed by atoms with E-state index in [0.717, 1.165) is 22.0 Å². The van der Waals surface area contributed by atoms with E-state index >= 15 is 0 Å². The topological polar surface area (TPSA) is 12.9 Å². The van der Waals surface area contributed by atoms with Crippen molar-refractivity contribution in [2.75, 3.05) is 0 Å². The molecule has 0 aliphatic carbocycles. The van der Waals surface area contributed by atoms with Crippen LogP contribution in [0.25, 0.3) is 10.9 Å². The van der Waals surface area contributed by atoms with Gasteiger partial charge in [-0.1, -0.05) is 24.1 Å². The number of hydrogen-bond donors (Lipinski definition) is 0. The summed E-state index contributed by atoms with van der Waals surface area (Å²) in [5.41, 5.74) is 3.14. The van der Waals surface area contributed by atoms with E-state index in [9.17, 15) is 0 Å². The second kappa shape index (κ2) is 5.40. The number of nitrogens with zero attached hydrogens (tertiary/aromatic N) is 1. The van der Waals surface area contributed by atoms with E-state index in [2.05, 4.69) is 22.9 Å². The van der Waals surface area contributed by atoms with E-state index in [0.29, 0.717) is 0 Å². The fourth-order valence-corrected chi connectivity index (χ4v) is 1.47. The number of aryl methyl sites for hydroxylation is 1. The molecule has 0 unspecified atom stereocenters. The zero-order valence-electron chi connectivity index (χ0n) is 8.83. The van der Waals surface area contributed by atoms with Crippen LogP contribution in [-0.2, 0) is 32.7 Å². The zero-order chi connectivity index (χ0) is 9.97. The van der Waals surface area contributed by atoms with Crippen molar-refractivity contribution in [3.05, 3.63) is 41.6 Å². The van der Waals surface area contributed by atoms with Gasteiger partial charge in [0.1, 0.15) is 0 Å². The minimum absolute atomic E-state index is 0. The van der Waals surface area contributed by atoms with Gasteiger partial charge < -0.3 is 4.98 Å². The Hall–Kier alpha value is -0.706. The summed E-state index contributed by atoms with van der Waals surface area (Å²) in [6.45, 7) is 3.88. The van der Waals surface area contributed by atoms with Crippen LogP contribution in [0.15, 0.2) is 24.4 Å². The summed E-state index contributed by atoms with van der Waals surface area (Å²) in [7, 11) is 0. The van der Waals surface area contributed by atoms with Gasteiger partial charge in [-0.2, -0.15) is 0 Å². The Labute approximate surface area is 115 Å². The Balaban J connectivity index is 0.00000112. The van der Waals surface area contributed by atoms with Gasteiger partial charge in [-0.15, -0.1) is 35.4 Å². The number of benzene rings is 1. The van der Waals surface area contributed by atoms with Gasteiger partial charge in [-0.25, -0.2) is 0 Å². The first kappa shape index (κ1) is 12.4. The van der Waals surface area contributed by atoms with Crippen molar-refractivity contribution in [1.82, 2.24) is 4.98 Å². The average molecular weight is 269 g/mol. The fraction of sp³-hybridized carbons (Fsp3) is 0.154. The van der Waals surface area contributed by atoms with E-state index in [-0.39, 0.29) is 32.7 Å². The van der Waals surface area contributed by atoms with Gasteiger partial charge in [0.2, 0.25) is 0 Å². The Morgan fingerprint density at radius 2 is 2.20 bits per heavy atom. The van der Waals surface area contributed by atoms with Gasteiger partial charge in [0.25, 0.3) is 0 Å². The van der Waals surface area contributed by atoms with E-state index in [4.69, 9.17) is 0 Å². The van der Waals surface area contributed by atoms with Crippen LogP contribution in [0, 0.1) is 24.8 Å². The normalized spacial score (nSPS) is 8.93. The number of aromatic nitrogens is 1. The Morgan fingerprint density at radius 3 is 2.93 bits per heavy atom. The molecule has 0 bridgehead atoms. The third-order valence-electron chi connectivity index (χ3n) is 2.20. The SMILES string of the molecule is CC#Cc1c[c-]c2cccnc2c1C.[Y]. The molecule has 0 atom stereocenters. The first-order valence-corrected chi connectivity index (χ1v) is 4.51. The van der Waals surface area contributed by atoms with Gasteiger partial charge in [-0.05, 0) is 12.4 Å². The molecule has 2 rings (SSSR count). The largest absolute Gasteiger partial charge is 0.306 e. The molecule has 0 amide bonds. The minimum atomic E-state index is 0. The summed E-state index contributed by atoms with van der Waals surface area (Å²) in [4.78, 5) is 4.32. The van der Waals surface area contributed by atoms with Gasteiger partial charge in [-0.3, -0.25) is 0 Å². The molecule has 1 nitrogen and oxygen atoms in total. The van der Waals surface area contributed by atoms with Gasteiger partial charge >= 0.3 is 0 Å². The maximum Gasteiger partial charge on any atom is 0.00686 e. The molecule has 0 aliphatic heterocycles. The van der Waals surface area contributed by atoms with E-state index in [1.165, 1.54) is 0 Å². The molecule has 2 aromatic rings. The van der Waals surface area contributed by atoms with E-state index in [1.54, 1.807) is 6.20 Å². The predicted octanol–water partition coefficient (Wildman–Crippen LogP) is 2.71. The molecular weight excluding hydrogens is 259 g/mol. The molecular formula is C13H10NY-. The van der Waals surface area contributed by atoms with Crippen LogP contribution in [0.1, 0.15) is 18.1 Å². The first-order chi connectivity index (χ1) is 6.83. The molecule has 0 saturated carbocycles. The van der Waals surface area contributed by atoms with Crippen LogP contribution < -0.4 is 0 Å². The molecule has 1 heterocycles. The van der Waals surface area contributed by atoms with Crippen molar-refractivity contribution in [1.29, 1.82) is 0 Å². The quantitative estimate of drug-likeness (QED) is 0.529. The van der Waals surface area contributed by atoms with Crippen LogP contribution in [0.4, 0.5) is 0 Å².